The third-order valence-electron chi connectivity index (χ3n) is 5.62. The maximum atomic E-state index is 13.0. The van der Waals surface area contributed by atoms with Gasteiger partial charge in [0.1, 0.15) is 12.4 Å². The van der Waals surface area contributed by atoms with E-state index in [9.17, 15) is 9.59 Å². The Morgan fingerprint density at radius 3 is 2.46 bits per heavy atom. The van der Waals surface area contributed by atoms with Crippen LogP contribution in [0.5, 0.6) is 5.75 Å². The summed E-state index contributed by atoms with van der Waals surface area (Å²) in [6, 6.07) is 7.66. The van der Waals surface area contributed by atoms with Crippen LogP contribution in [-0.2, 0) is 14.3 Å². The molecule has 0 spiro atoms. The molecule has 3 fully saturated rings. The minimum absolute atomic E-state index is 0.0219. The summed E-state index contributed by atoms with van der Waals surface area (Å²) in [4.78, 5) is 27.4. The summed E-state index contributed by atoms with van der Waals surface area (Å²) < 4.78 is 11.0. The van der Waals surface area contributed by atoms with Crippen LogP contribution in [-0.4, -0.2) is 48.6 Å². The maximum absolute atomic E-state index is 13.0. The van der Waals surface area contributed by atoms with E-state index >= 15 is 0 Å². The number of benzene rings is 1. The summed E-state index contributed by atoms with van der Waals surface area (Å²) >= 11 is 0. The van der Waals surface area contributed by atoms with E-state index in [2.05, 4.69) is 5.32 Å². The number of carbonyl (C=O) groups is 2. The van der Waals surface area contributed by atoms with Gasteiger partial charge in [0.2, 0.25) is 5.91 Å². The van der Waals surface area contributed by atoms with E-state index in [1.165, 1.54) is 0 Å². The molecular weight excluding hydrogens is 332 g/mol. The predicted octanol–water partition coefficient (Wildman–Crippen LogP) is 2.18. The highest BCUT2D eigenvalue weighted by atomic mass is 16.5. The number of hydrogen-bond acceptors (Lipinski definition) is 4. The molecule has 0 unspecified atom stereocenters. The predicted molar refractivity (Wildman–Crippen MR) is 95.7 cm³/mol. The lowest BCUT2D eigenvalue weighted by molar-refractivity contribution is -0.165. The Bertz CT molecular complexity index is 665. The second kappa shape index (κ2) is 7.27. The molecule has 2 saturated carbocycles. The molecule has 1 heterocycles. The van der Waals surface area contributed by atoms with E-state index in [4.69, 9.17) is 9.47 Å². The monoisotopic (exact) mass is 358 g/mol. The molecule has 0 radical (unpaired) electrons. The van der Waals surface area contributed by atoms with Crippen LogP contribution in [0.2, 0.25) is 0 Å². The van der Waals surface area contributed by atoms with E-state index in [1.54, 1.807) is 7.11 Å². The molecule has 1 aromatic rings. The Balaban J connectivity index is 1.61. The number of nitrogens with zero attached hydrogens (tertiary/aromatic N) is 1. The number of ether oxygens (including phenoxy) is 2. The average molecular weight is 358 g/mol. The number of nitrogens with one attached hydrogen (secondary N) is 1. The Kier molecular flexibility index (Phi) is 4.85. The molecular formula is C20H26N2O4. The number of amides is 2. The van der Waals surface area contributed by atoms with Gasteiger partial charge in [-0.2, -0.15) is 0 Å². The third-order valence-corrected chi connectivity index (χ3v) is 5.62. The smallest absolute Gasteiger partial charge is 0.251 e. The van der Waals surface area contributed by atoms with Gasteiger partial charge < -0.3 is 19.7 Å². The third kappa shape index (κ3) is 3.43. The average Bonchev–Trinajstić information content (AvgIpc) is 3.37. The minimum Gasteiger partial charge on any atom is -0.497 e. The highest BCUT2D eigenvalue weighted by Gasteiger charge is 2.47. The molecule has 1 saturated heterocycles. The molecule has 4 rings (SSSR count). The summed E-state index contributed by atoms with van der Waals surface area (Å²) in [5, 5.41) is 3.14. The molecule has 1 N–H and O–H groups in total. The first-order valence-electron chi connectivity index (χ1n) is 9.54. The molecule has 0 bridgehead atoms. The van der Waals surface area contributed by atoms with E-state index < -0.39 is 6.10 Å². The lowest BCUT2D eigenvalue weighted by atomic mass is 9.96. The normalized spacial score (nSPS) is 26.8. The van der Waals surface area contributed by atoms with E-state index in [0.29, 0.717) is 0 Å². The second-order valence-corrected chi connectivity index (χ2v) is 7.47. The zero-order valence-corrected chi connectivity index (χ0v) is 15.1. The molecule has 26 heavy (non-hydrogen) atoms. The molecule has 2 amide bonds. The summed E-state index contributed by atoms with van der Waals surface area (Å²) in [6.45, 7) is -0.0219. The van der Waals surface area contributed by atoms with Crippen LogP contribution in [0.4, 0.5) is 0 Å². The lowest BCUT2D eigenvalue weighted by Crippen LogP contribution is -2.56. The highest BCUT2D eigenvalue weighted by Crippen LogP contribution is 2.40. The van der Waals surface area contributed by atoms with Gasteiger partial charge in [-0.3, -0.25) is 9.59 Å². The molecule has 2 atom stereocenters. The van der Waals surface area contributed by atoms with Crippen LogP contribution in [0.1, 0.15) is 50.1 Å². The van der Waals surface area contributed by atoms with E-state index in [-0.39, 0.29) is 36.5 Å². The fourth-order valence-electron chi connectivity index (χ4n) is 4.12. The standard InChI is InChI=1S/C20H26N2O4/c1-25-16-10-6-13(7-11-16)18-19(20(24)21-14-4-2-3-5-14)26-12-17(23)22(18)15-8-9-15/h6-7,10-11,14-15,18-19H,2-5,8-9,12H2,1H3,(H,21,24)/t18-,19+/m1/s1. The second-order valence-electron chi connectivity index (χ2n) is 7.47. The van der Waals surface area contributed by atoms with E-state index in [0.717, 1.165) is 49.8 Å². The van der Waals surface area contributed by atoms with Crippen LogP contribution in [0, 0.1) is 0 Å². The Hall–Kier alpha value is -2.08. The Morgan fingerprint density at radius 2 is 1.85 bits per heavy atom. The number of carbonyl (C=O) groups excluding carboxylic acids is 2. The van der Waals surface area contributed by atoms with Gasteiger partial charge in [-0.25, -0.2) is 0 Å². The summed E-state index contributed by atoms with van der Waals surface area (Å²) in [5.74, 6) is 0.621. The van der Waals surface area contributed by atoms with Gasteiger partial charge >= 0.3 is 0 Å². The van der Waals surface area contributed by atoms with Crippen molar-refractivity contribution in [2.45, 2.75) is 62.8 Å². The minimum atomic E-state index is -0.665. The van der Waals surface area contributed by atoms with E-state index in [1.807, 2.05) is 29.2 Å². The summed E-state index contributed by atoms with van der Waals surface area (Å²) in [5.41, 5.74) is 0.914. The SMILES string of the molecule is COc1ccc([C@@H]2[C@@H](C(=O)NC3CCCC3)OCC(=O)N2C2CC2)cc1. The van der Waals surface area contributed by atoms with Crippen molar-refractivity contribution in [3.8, 4) is 5.75 Å². The fourth-order valence-corrected chi connectivity index (χ4v) is 4.12. The first-order valence-corrected chi connectivity index (χ1v) is 9.54. The first-order chi connectivity index (χ1) is 12.7. The lowest BCUT2D eigenvalue weighted by Gasteiger charge is -2.41. The first kappa shape index (κ1) is 17.3. The van der Waals surface area contributed by atoms with Gasteiger partial charge in [-0.1, -0.05) is 25.0 Å². The molecule has 1 aliphatic heterocycles. The Morgan fingerprint density at radius 1 is 1.15 bits per heavy atom. The van der Waals surface area contributed by atoms with Crippen LogP contribution < -0.4 is 10.1 Å². The number of hydrogen-bond donors (Lipinski definition) is 1. The molecule has 6 nitrogen and oxygen atoms in total. The molecule has 140 valence electrons. The quantitative estimate of drug-likeness (QED) is 0.876. The number of rotatable bonds is 5. The van der Waals surface area contributed by atoms with Crippen molar-refractivity contribution < 1.29 is 19.1 Å². The van der Waals surface area contributed by atoms with Crippen molar-refractivity contribution >= 4 is 11.8 Å². The molecule has 1 aromatic carbocycles. The molecule has 0 aromatic heterocycles. The molecule has 6 heteroatoms. The van der Waals surface area contributed by atoms with Crippen LogP contribution in [0.3, 0.4) is 0 Å². The van der Waals surface area contributed by atoms with Gasteiger partial charge in [0.05, 0.1) is 13.2 Å². The van der Waals surface area contributed by atoms with Crippen LogP contribution in [0.25, 0.3) is 0 Å². The molecule has 3 aliphatic rings. The zero-order chi connectivity index (χ0) is 18.1. The van der Waals surface area contributed by atoms with Crippen LogP contribution >= 0.6 is 0 Å². The fraction of sp³-hybridized carbons (Fsp3) is 0.600. The summed E-state index contributed by atoms with van der Waals surface area (Å²) in [7, 11) is 1.62. The van der Waals surface area contributed by atoms with Crippen molar-refractivity contribution in [1.82, 2.24) is 10.2 Å². The topological polar surface area (TPSA) is 67.9 Å². The number of methoxy groups -OCH3 is 1. The Labute approximate surface area is 153 Å². The zero-order valence-electron chi connectivity index (χ0n) is 15.1. The molecule has 2 aliphatic carbocycles. The number of morpholine rings is 1. The van der Waals surface area contributed by atoms with Gasteiger partial charge in [0.15, 0.2) is 6.10 Å². The van der Waals surface area contributed by atoms with Gasteiger partial charge in [-0.05, 0) is 43.4 Å². The van der Waals surface area contributed by atoms with Gasteiger partial charge in [0, 0.05) is 12.1 Å². The van der Waals surface area contributed by atoms with Crippen molar-refractivity contribution in [1.29, 1.82) is 0 Å². The van der Waals surface area contributed by atoms with Crippen molar-refractivity contribution in [3.63, 3.8) is 0 Å². The van der Waals surface area contributed by atoms with Crippen molar-refractivity contribution in [3.05, 3.63) is 29.8 Å². The van der Waals surface area contributed by atoms with Crippen molar-refractivity contribution in [2.75, 3.05) is 13.7 Å². The van der Waals surface area contributed by atoms with Gasteiger partial charge in [0.25, 0.3) is 5.91 Å². The largest absolute Gasteiger partial charge is 0.497 e. The van der Waals surface area contributed by atoms with Crippen LogP contribution in [0.15, 0.2) is 24.3 Å². The van der Waals surface area contributed by atoms with Gasteiger partial charge in [-0.15, -0.1) is 0 Å². The summed E-state index contributed by atoms with van der Waals surface area (Å²) in [6.07, 6.45) is 5.69. The van der Waals surface area contributed by atoms with Crippen molar-refractivity contribution in [2.24, 2.45) is 0 Å². The highest BCUT2D eigenvalue weighted by molar-refractivity contribution is 5.87. The maximum Gasteiger partial charge on any atom is 0.251 e.